The van der Waals surface area contributed by atoms with Crippen molar-refractivity contribution in [3.05, 3.63) is 32.4 Å². The smallest absolute Gasteiger partial charge is 0.138 e. The summed E-state index contributed by atoms with van der Waals surface area (Å²) in [5.74, 6) is 0. The average molecular weight is 329 g/mol. The Morgan fingerprint density at radius 1 is 1.15 bits per heavy atom. The van der Waals surface area contributed by atoms with E-state index in [2.05, 4.69) is 36.9 Å². The number of aromatic nitrogens is 2. The quantitative estimate of drug-likeness (QED) is 0.863. The van der Waals surface area contributed by atoms with Crippen LogP contribution in [-0.2, 0) is 13.1 Å². The molecule has 108 valence electrons. The molecule has 3 rings (SSSR count). The molecule has 1 saturated heterocycles. The fourth-order valence-corrected chi connectivity index (χ4v) is 3.82. The van der Waals surface area contributed by atoms with Crippen molar-refractivity contribution >= 4 is 34.5 Å². The Morgan fingerprint density at radius 3 is 2.60 bits per heavy atom. The van der Waals surface area contributed by atoms with E-state index < -0.39 is 0 Å². The van der Waals surface area contributed by atoms with Gasteiger partial charge >= 0.3 is 0 Å². The molecule has 1 fully saturated rings. The van der Waals surface area contributed by atoms with Gasteiger partial charge in [-0.05, 0) is 31.0 Å². The monoisotopic (exact) mass is 328 g/mol. The number of hydrogen-bond acceptors (Lipinski definition) is 6. The molecular weight excluding hydrogens is 312 g/mol. The van der Waals surface area contributed by atoms with E-state index in [1.807, 2.05) is 11.3 Å². The first-order valence-electron chi connectivity index (χ1n) is 6.75. The Bertz CT molecular complexity index is 528. The molecule has 20 heavy (non-hydrogen) atoms. The summed E-state index contributed by atoms with van der Waals surface area (Å²) in [7, 11) is 0. The fourth-order valence-electron chi connectivity index (χ4n) is 2.47. The lowest BCUT2D eigenvalue weighted by Crippen LogP contribution is -2.30. The van der Waals surface area contributed by atoms with E-state index in [1.165, 1.54) is 22.8 Å². The van der Waals surface area contributed by atoms with E-state index in [9.17, 15) is 0 Å². The van der Waals surface area contributed by atoms with Gasteiger partial charge in [-0.1, -0.05) is 22.2 Å². The maximum Gasteiger partial charge on any atom is 0.138 e. The molecule has 0 radical (unpaired) electrons. The molecule has 0 N–H and O–H groups in total. The zero-order valence-corrected chi connectivity index (χ0v) is 13.6. The minimum atomic E-state index is 0.727. The molecule has 2 aromatic rings. The summed E-state index contributed by atoms with van der Waals surface area (Å²) in [6, 6.07) is 4.34. The average Bonchev–Trinajstić information content (AvgIpc) is 3.02. The molecule has 3 heterocycles. The molecule has 0 unspecified atom stereocenters. The molecule has 1 aliphatic heterocycles. The Morgan fingerprint density at radius 2 is 1.95 bits per heavy atom. The molecule has 0 spiro atoms. The van der Waals surface area contributed by atoms with Crippen LogP contribution in [-0.4, -0.2) is 45.6 Å². The first-order chi connectivity index (χ1) is 9.81. The van der Waals surface area contributed by atoms with Gasteiger partial charge in [0.1, 0.15) is 10.0 Å². The zero-order valence-electron chi connectivity index (χ0n) is 11.2. The Kier molecular flexibility index (Phi) is 5.01. The van der Waals surface area contributed by atoms with E-state index in [0.717, 1.165) is 49.3 Å². The molecule has 2 aromatic heterocycles. The van der Waals surface area contributed by atoms with Gasteiger partial charge in [0.2, 0.25) is 0 Å². The highest BCUT2D eigenvalue weighted by molar-refractivity contribution is 7.10. The van der Waals surface area contributed by atoms with Crippen molar-refractivity contribution in [1.82, 2.24) is 19.4 Å². The Labute approximate surface area is 132 Å². The predicted octanol–water partition coefficient (Wildman–Crippen LogP) is 2.96. The molecular formula is C13H17ClN4S2. The molecule has 4 nitrogen and oxygen atoms in total. The van der Waals surface area contributed by atoms with Gasteiger partial charge in [0.05, 0.1) is 0 Å². The second-order valence-corrected chi connectivity index (χ2v) is 7.37. The molecule has 1 aliphatic rings. The minimum absolute atomic E-state index is 0.727. The van der Waals surface area contributed by atoms with Crippen molar-refractivity contribution in [1.29, 1.82) is 0 Å². The van der Waals surface area contributed by atoms with E-state index >= 15 is 0 Å². The molecule has 0 bridgehead atoms. The van der Waals surface area contributed by atoms with Crippen LogP contribution in [0.5, 0.6) is 0 Å². The van der Waals surface area contributed by atoms with Crippen LogP contribution in [0.25, 0.3) is 0 Å². The number of nitrogens with zero attached hydrogens (tertiary/aromatic N) is 4. The standard InChI is InChI=1S/C13H17ClN4S2/c14-13-12(15-16-20-13)10-18-5-2-4-17(6-7-18)9-11-3-1-8-19-11/h1,3,8H,2,4-7,9-10H2. The van der Waals surface area contributed by atoms with Gasteiger partial charge in [-0.3, -0.25) is 9.80 Å². The van der Waals surface area contributed by atoms with E-state index in [0.29, 0.717) is 0 Å². The van der Waals surface area contributed by atoms with Crippen LogP contribution in [0, 0.1) is 0 Å². The molecule has 0 aromatic carbocycles. The largest absolute Gasteiger partial charge is 0.297 e. The van der Waals surface area contributed by atoms with E-state index in [4.69, 9.17) is 11.6 Å². The van der Waals surface area contributed by atoms with Gasteiger partial charge in [0.15, 0.2) is 0 Å². The van der Waals surface area contributed by atoms with Gasteiger partial charge in [0.25, 0.3) is 0 Å². The Balaban J connectivity index is 1.53. The highest BCUT2D eigenvalue weighted by Gasteiger charge is 2.17. The number of thiophene rings is 1. The molecule has 0 aliphatic carbocycles. The summed E-state index contributed by atoms with van der Waals surface area (Å²) < 4.78 is 4.63. The number of halogens is 1. The van der Waals surface area contributed by atoms with E-state index in [1.54, 1.807) is 0 Å². The third-order valence-corrected chi connectivity index (χ3v) is 5.37. The van der Waals surface area contributed by atoms with Crippen molar-refractivity contribution in [2.75, 3.05) is 26.2 Å². The third kappa shape index (κ3) is 3.77. The summed E-state index contributed by atoms with van der Waals surface area (Å²) in [6.07, 6.45) is 1.20. The van der Waals surface area contributed by atoms with Crippen LogP contribution in [0.4, 0.5) is 0 Å². The topological polar surface area (TPSA) is 32.3 Å². The normalized spacial score (nSPS) is 18.2. The SMILES string of the molecule is Clc1snnc1CN1CCCN(Cc2cccs2)CC1. The van der Waals surface area contributed by atoms with E-state index in [-0.39, 0.29) is 0 Å². The summed E-state index contributed by atoms with van der Waals surface area (Å²) in [6.45, 7) is 6.34. The van der Waals surface area contributed by atoms with Gasteiger partial charge in [0, 0.05) is 42.6 Å². The third-order valence-electron chi connectivity index (χ3n) is 3.52. The summed E-state index contributed by atoms with van der Waals surface area (Å²) in [5, 5.41) is 6.25. The van der Waals surface area contributed by atoms with Crippen LogP contribution >= 0.6 is 34.5 Å². The molecule has 0 atom stereocenters. The molecule has 0 saturated carbocycles. The highest BCUT2D eigenvalue weighted by atomic mass is 35.5. The van der Waals surface area contributed by atoms with Crippen LogP contribution in [0.2, 0.25) is 4.34 Å². The van der Waals surface area contributed by atoms with Gasteiger partial charge in [-0.2, -0.15) is 0 Å². The molecule has 7 heteroatoms. The number of rotatable bonds is 4. The summed E-state index contributed by atoms with van der Waals surface area (Å²) >= 11 is 9.19. The number of hydrogen-bond donors (Lipinski definition) is 0. The first kappa shape index (κ1) is 14.4. The summed E-state index contributed by atoms with van der Waals surface area (Å²) in [5.41, 5.74) is 0.920. The maximum absolute atomic E-state index is 6.08. The summed E-state index contributed by atoms with van der Waals surface area (Å²) in [4.78, 5) is 6.41. The van der Waals surface area contributed by atoms with Crippen molar-refractivity contribution < 1.29 is 0 Å². The van der Waals surface area contributed by atoms with Crippen LogP contribution < -0.4 is 0 Å². The van der Waals surface area contributed by atoms with Crippen molar-refractivity contribution in [2.24, 2.45) is 0 Å². The maximum atomic E-state index is 6.08. The lowest BCUT2D eigenvalue weighted by Gasteiger charge is -2.20. The lowest BCUT2D eigenvalue weighted by molar-refractivity contribution is 0.246. The zero-order chi connectivity index (χ0) is 13.8. The van der Waals surface area contributed by atoms with Crippen molar-refractivity contribution in [3.63, 3.8) is 0 Å². The van der Waals surface area contributed by atoms with Crippen LogP contribution in [0.15, 0.2) is 17.5 Å². The lowest BCUT2D eigenvalue weighted by atomic mass is 10.3. The first-order valence-corrected chi connectivity index (χ1v) is 8.78. The predicted molar refractivity (Wildman–Crippen MR) is 84.4 cm³/mol. The Hall–Kier alpha value is -0.530. The van der Waals surface area contributed by atoms with Gasteiger partial charge < -0.3 is 0 Å². The van der Waals surface area contributed by atoms with Gasteiger partial charge in [-0.15, -0.1) is 16.4 Å². The molecule has 0 amide bonds. The highest BCUT2D eigenvalue weighted by Crippen LogP contribution is 2.20. The van der Waals surface area contributed by atoms with Crippen molar-refractivity contribution in [3.8, 4) is 0 Å². The fraction of sp³-hybridized carbons (Fsp3) is 0.538. The minimum Gasteiger partial charge on any atom is -0.297 e. The van der Waals surface area contributed by atoms with Crippen molar-refractivity contribution in [2.45, 2.75) is 19.5 Å². The second kappa shape index (κ2) is 6.95. The van der Waals surface area contributed by atoms with Gasteiger partial charge in [-0.25, -0.2) is 0 Å². The van der Waals surface area contributed by atoms with Crippen LogP contribution in [0.3, 0.4) is 0 Å². The van der Waals surface area contributed by atoms with Crippen LogP contribution in [0.1, 0.15) is 17.0 Å². The second-order valence-electron chi connectivity index (χ2n) is 4.98.